The van der Waals surface area contributed by atoms with Crippen LogP contribution in [0.4, 0.5) is 22.2 Å². The Labute approximate surface area is 235 Å². The Hall–Kier alpha value is -4.10. The van der Waals surface area contributed by atoms with E-state index in [2.05, 4.69) is 82.2 Å². The zero-order valence-corrected chi connectivity index (χ0v) is 23.2. The maximum atomic E-state index is 11.8. The predicted octanol–water partition coefficient (Wildman–Crippen LogP) is 3.42. The lowest BCUT2D eigenvalue weighted by atomic mass is 10.0. The summed E-state index contributed by atoms with van der Waals surface area (Å²) in [4.78, 5) is 32.7. The van der Waals surface area contributed by atoms with Crippen molar-refractivity contribution >= 4 is 34.3 Å². The average Bonchev–Trinajstić information content (AvgIpc) is 3.47. The molecule has 10 heteroatoms. The molecule has 2 fully saturated rings. The van der Waals surface area contributed by atoms with E-state index in [0.717, 1.165) is 55.5 Å². The number of nitriles is 1. The number of amides is 1. The van der Waals surface area contributed by atoms with Crippen molar-refractivity contribution in [3.8, 4) is 6.07 Å². The van der Waals surface area contributed by atoms with Crippen molar-refractivity contribution in [1.82, 2.24) is 19.8 Å². The molecule has 3 aromatic rings. The molecule has 2 saturated heterocycles. The highest BCUT2D eigenvalue weighted by Gasteiger charge is 2.35. The van der Waals surface area contributed by atoms with Gasteiger partial charge < -0.3 is 29.6 Å². The normalized spacial score (nSPS) is 21.1. The van der Waals surface area contributed by atoms with Crippen LogP contribution in [0.1, 0.15) is 24.1 Å². The largest absolute Gasteiger partial charge is 0.465 e. The monoisotopic (exact) mass is 540 g/mol. The van der Waals surface area contributed by atoms with Gasteiger partial charge in [-0.2, -0.15) is 10.2 Å². The molecule has 1 aromatic heterocycles. The Bertz CT molecular complexity index is 1450. The van der Waals surface area contributed by atoms with Gasteiger partial charge in [-0.15, -0.1) is 0 Å². The zero-order valence-electron chi connectivity index (χ0n) is 23.2. The minimum Gasteiger partial charge on any atom is -0.465 e. The molecule has 10 nitrogen and oxygen atoms in total. The first kappa shape index (κ1) is 26.1. The van der Waals surface area contributed by atoms with Crippen molar-refractivity contribution in [1.29, 1.82) is 5.26 Å². The van der Waals surface area contributed by atoms with Crippen LogP contribution in [-0.2, 0) is 13.0 Å². The first-order valence-electron chi connectivity index (χ1n) is 14.1. The van der Waals surface area contributed by atoms with Gasteiger partial charge in [-0.1, -0.05) is 36.4 Å². The topological polar surface area (TPSA) is 103 Å². The number of carbonyl (C=O) groups is 1. The molecular weight excluding hydrogens is 504 g/mol. The summed E-state index contributed by atoms with van der Waals surface area (Å²) in [6.45, 7) is 4.67. The third-order valence-electron chi connectivity index (χ3n) is 8.67. The van der Waals surface area contributed by atoms with Crippen molar-refractivity contribution < 1.29 is 9.90 Å². The summed E-state index contributed by atoms with van der Waals surface area (Å²) in [6, 6.07) is 17.2. The number of hydrogen-bond donors (Lipinski definition) is 1. The van der Waals surface area contributed by atoms with Crippen LogP contribution in [0.3, 0.4) is 0 Å². The van der Waals surface area contributed by atoms with Crippen molar-refractivity contribution in [3.63, 3.8) is 0 Å². The summed E-state index contributed by atoms with van der Waals surface area (Å²) >= 11 is 0. The maximum absolute atomic E-state index is 11.8. The van der Waals surface area contributed by atoms with E-state index in [0.29, 0.717) is 32.2 Å². The molecule has 0 saturated carbocycles. The average molecular weight is 541 g/mol. The Morgan fingerprint density at radius 1 is 1.02 bits per heavy atom. The van der Waals surface area contributed by atoms with Crippen LogP contribution in [0.15, 0.2) is 42.5 Å². The predicted molar refractivity (Wildman–Crippen MR) is 156 cm³/mol. The van der Waals surface area contributed by atoms with Crippen LogP contribution in [-0.4, -0.2) is 96.4 Å². The Morgan fingerprint density at radius 3 is 2.62 bits per heavy atom. The van der Waals surface area contributed by atoms with E-state index < -0.39 is 6.09 Å². The fourth-order valence-corrected chi connectivity index (χ4v) is 6.42. The molecule has 208 valence electrons. The second-order valence-corrected chi connectivity index (χ2v) is 11.2. The molecular formula is C30H36N8O2. The Kier molecular flexibility index (Phi) is 7.07. The molecule has 0 spiro atoms. The van der Waals surface area contributed by atoms with E-state index in [1.165, 1.54) is 21.4 Å². The molecule has 2 atom stereocenters. The summed E-state index contributed by atoms with van der Waals surface area (Å²) in [6.07, 6.45) is 1.06. The van der Waals surface area contributed by atoms with E-state index in [4.69, 9.17) is 9.97 Å². The summed E-state index contributed by atoms with van der Waals surface area (Å²) < 4.78 is 0. The molecule has 0 unspecified atom stereocenters. The number of rotatable bonds is 5. The number of aromatic nitrogens is 2. The number of hydrogen-bond acceptors (Lipinski definition) is 8. The molecule has 3 aliphatic heterocycles. The molecule has 6 rings (SSSR count). The number of piperazine rings is 1. The SMILES string of the molecule is CN(C)[C@H]1CCN(c2nc3c(c(N4CCN(C(=O)O)[C@@H](CC#N)C4)n2)CCN(c2cccc4ccccc24)C3)C1. The number of anilines is 3. The van der Waals surface area contributed by atoms with Crippen LogP contribution < -0.4 is 14.7 Å². The van der Waals surface area contributed by atoms with Crippen LogP contribution in [0.25, 0.3) is 10.8 Å². The number of likely N-dealkylation sites (N-methyl/N-ethyl adjacent to an activating group) is 1. The summed E-state index contributed by atoms with van der Waals surface area (Å²) in [7, 11) is 4.24. The number of carboxylic acid groups (broad SMARTS) is 1. The van der Waals surface area contributed by atoms with Gasteiger partial charge in [-0.3, -0.25) is 0 Å². The van der Waals surface area contributed by atoms with E-state index in [1.807, 2.05) is 0 Å². The van der Waals surface area contributed by atoms with Gasteiger partial charge in [0.1, 0.15) is 5.82 Å². The second-order valence-electron chi connectivity index (χ2n) is 11.2. The fourth-order valence-electron chi connectivity index (χ4n) is 6.42. The van der Waals surface area contributed by atoms with Gasteiger partial charge in [0.15, 0.2) is 0 Å². The van der Waals surface area contributed by atoms with E-state index in [-0.39, 0.29) is 12.5 Å². The lowest BCUT2D eigenvalue weighted by molar-refractivity contribution is 0.119. The van der Waals surface area contributed by atoms with Gasteiger partial charge in [0, 0.05) is 61.9 Å². The molecule has 4 heterocycles. The Balaban J connectivity index is 1.37. The van der Waals surface area contributed by atoms with Crippen molar-refractivity contribution in [3.05, 3.63) is 53.7 Å². The van der Waals surface area contributed by atoms with Crippen LogP contribution in [0, 0.1) is 11.3 Å². The quantitative estimate of drug-likeness (QED) is 0.521. The van der Waals surface area contributed by atoms with Gasteiger partial charge in [-0.25, -0.2) is 9.78 Å². The molecule has 1 N–H and O–H groups in total. The number of benzene rings is 2. The molecule has 1 amide bonds. The summed E-state index contributed by atoms with van der Waals surface area (Å²) in [5.74, 6) is 1.65. The standard InChI is InChI=1S/C30H36N8O2/c1-34(2)22-11-14-37(18-22)29-32-26-20-35(27-9-5-7-21-6-3-4-8-24(21)27)15-12-25(26)28(33-29)36-16-17-38(30(39)40)23(19-36)10-13-31/h3-9,22-23H,10-12,14-20H2,1-2H3,(H,39,40)/t22-,23-/m0/s1. The molecule has 0 aliphatic carbocycles. The van der Waals surface area contributed by atoms with Crippen LogP contribution in [0.5, 0.6) is 0 Å². The maximum Gasteiger partial charge on any atom is 0.407 e. The molecule has 40 heavy (non-hydrogen) atoms. The van der Waals surface area contributed by atoms with Crippen molar-refractivity contribution in [2.45, 2.75) is 37.9 Å². The molecule has 0 radical (unpaired) electrons. The van der Waals surface area contributed by atoms with Crippen LogP contribution >= 0.6 is 0 Å². The highest BCUT2D eigenvalue weighted by atomic mass is 16.4. The van der Waals surface area contributed by atoms with E-state index in [9.17, 15) is 15.2 Å². The highest BCUT2D eigenvalue weighted by Crippen LogP contribution is 2.35. The molecule has 2 aromatic carbocycles. The number of fused-ring (bicyclic) bond motifs is 2. The fraction of sp³-hybridized carbons (Fsp3) is 0.467. The minimum atomic E-state index is -0.970. The lowest BCUT2D eigenvalue weighted by Gasteiger charge is -2.41. The summed E-state index contributed by atoms with van der Waals surface area (Å²) in [5, 5.41) is 21.6. The molecule has 3 aliphatic rings. The highest BCUT2D eigenvalue weighted by molar-refractivity contribution is 5.94. The third-order valence-corrected chi connectivity index (χ3v) is 8.67. The van der Waals surface area contributed by atoms with Crippen molar-refractivity contribution in [2.24, 2.45) is 0 Å². The molecule has 0 bridgehead atoms. The third kappa shape index (κ3) is 4.86. The zero-order chi connectivity index (χ0) is 27.8. The first-order chi connectivity index (χ1) is 19.4. The Morgan fingerprint density at radius 2 is 1.85 bits per heavy atom. The van der Waals surface area contributed by atoms with Gasteiger partial charge in [0.25, 0.3) is 0 Å². The van der Waals surface area contributed by atoms with Gasteiger partial charge in [0.05, 0.1) is 30.8 Å². The smallest absolute Gasteiger partial charge is 0.407 e. The first-order valence-corrected chi connectivity index (χ1v) is 14.1. The van der Waals surface area contributed by atoms with Gasteiger partial charge >= 0.3 is 6.09 Å². The van der Waals surface area contributed by atoms with Crippen molar-refractivity contribution in [2.75, 3.05) is 68.1 Å². The minimum absolute atomic E-state index is 0.161. The van der Waals surface area contributed by atoms with Gasteiger partial charge in [0.2, 0.25) is 5.95 Å². The number of nitrogens with zero attached hydrogens (tertiary/aromatic N) is 8. The van der Waals surface area contributed by atoms with Gasteiger partial charge in [-0.05, 0) is 38.4 Å². The lowest BCUT2D eigenvalue weighted by Crippen LogP contribution is -2.55. The van der Waals surface area contributed by atoms with E-state index in [1.54, 1.807) is 0 Å². The van der Waals surface area contributed by atoms with E-state index >= 15 is 0 Å². The summed E-state index contributed by atoms with van der Waals surface area (Å²) in [5.41, 5.74) is 3.39. The van der Waals surface area contributed by atoms with Crippen LogP contribution in [0.2, 0.25) is 0 Å². The second kappa shape index (κ2) is 10.8.